The molecule has 4 nitrogen and oxygen atoms in total. The predicted octanol–water partition coefficient (Wildman–Crippen LogP) is 4.50. The van der Waals surface area contributed by atoms with Crippen LogP contribution in [0.3, 0.4) is 0 Å². The van der Waals surface area contributed by atoms with Crippen molar-refractivity contribution in [1.29, 1.82) is 0 Å². The number of fused-ring (bicyclic) bond motifs is 3. The lowest BCUT2D eigenvalue weighted by molar-refractivity contribution is 0.254. The van der Waals surface area contributed by atoms with E-state index in [1.165, 1.54) is 37.1 Å². The van der Waals surface area contributed by atoms with Gasteiger partial charge < -0.3 is 14.4 Å². The first kappa shape index (κ1) is 17.9. The highest BCUT2D eigenvalue weighted by Gasteiger charge is 2.25. The Morgan fingerprint density at radius 2 is 1.92 bits per heavy atom. The van der Waals surface area contributed by atoms with E-state index in [9.17, 15) is 0 Å². The summed E-state index contributed by atoms with van der Waals surface area (Å²) < 4.78 is 11.6. The highest BCUT2D eigenvalue weighted by molar-refractivity contribution is 6.30. The standard InChI is InChI=1S/C21H27ClN2O2/c1-14-10-15-16-12-19(25-2)20(13-18(16)23-21(22)17(15)11-14)26-9-5-8-24-6-3-4-7-24/h12-14H,3-11H2,1-2H3. The second kappa shape index (κ2) is 7.61. The van der Waals surface area contributed by atoms with Gasteiger partial charge in [0.1, 0.15) is 5.15 Å². The molecule has 5 heteroatoms. The topological polar surface area (TPSA) is 34.6 Å². The third-order valence-corrected chi connectivity index (χ3v) is 5.93. The molecule has 0 spiro atoms. The lowest BCUT2D eigenvalue weighted by Gasteiger charge is -2.16. The van der Waals surface area contributed by atoms with E-state index in [0.717, 1.165) is 48.2 Å². The summed E-state index contributed by atoms with van der Waals surface area (Å²) >= 11 is 6.45. The summed E-state index contributed by atoms with van der Waals surface area (Å²) in [6, 6.07) is 4.06. The molecular formula is C21H27ClN2O2. The maximum Gasteiger partial charge on any atom is 0.163 e. The van der Waals surface area contributed by atoms with Gasteiger partial charge in [-0.25, -0.2) is 4.98 Å². The highest BCUT2D eigenvalue weighted by atomic mass is 35.5. The molecule has 2 heterocycles. The van der Waals surface area contributed by atoms with Gasteiger partial charge in [0, 0.05) is 18.0 Å². The van der Waals surface area contributed by atoms with Crippen molar-refractivity contribution in [3.63, 3.8) is 0 Å². The number of aromatic nitrogens is 1. The van der Waals surface area contributed by atoms with Gasteiger partial charge >= 0.3 is 0 Å². The fourth-order valence-electron chi connectivity index (χ4n) is 4.30. The van der Waals surface area contributed by atoms with Gasteiger partial charge in [-0.1, -0.05) is 18.5 Å². The zero-order valence-electron chi connectivity index (χ0n) is 15.7. The van der Waals surface area contributed by atoms with Gasteiger partial charge in [-0.05, 0) is 68.3 Å². The minimum atomic E-state index is 0.613. The van der Waals surface area contributed by atoms with E-state index < -0.39 is 0 Å². The van der Waals surface area contributed by atoms with Crippen molar-refractivity contribution >= 4 is 22.5 Å². The van der Waals surface area contributed by atoms with Gasteiger partial charge in [-0.3, -0.25) is 0 Å². The molecule has 1 atom stereocenters. The number of hydrogen-bond acceptors (Lipinski definition) is 4. The molecule has 1 unspecified atom stereocenters. The molecule has 0 N–H and O–H groups in total. The van der Waals surface area contributed by atoms with Crippen LogP contribution in [-0.2, 0) is 12.8 Å². The molecule has 1 aliphatic carbocycles. The van der Waals surface area contributed by atoms with Crippen molar-refractivity contribution in [3.05, 3.63) is 28.4 Å². The van der Waals surface area contributed by atoms with Crippen LogP contribution < -0.4 is 9.47 Å². The Balaban J connectivity index is 1.54. The Hall–Kier alpha value is -1.52. The molecule has 1 aliphatic heterocycles. The summed E-state index contributed by atoms with van der Waals surface area (Å²) in [4.78, 5) is 7.14. The average Bonchev–Trinajstić information content (AvgIpc) is 3.28. The summed E-state index contributed by atoms with van der Waals surface area (Å²) in [6.45, 7) is 6.51. The quantitative estimate of drug-likeness (QED) is 0.551. The largest absolute Gasteiger partial charge is 0.493 e. The molecule has 1 aromatic heterocycles. The minimum Gasteiger partial charge on any atom is -0.493 e. The van der Waals surface area contributed by atoms with E-state index in [2.05, 4.69) is 22.9 Å². The van der Waals surface area contributed by atoms with Crippen LogP contribution in [0.1, 0.15) is 37.3 Å². The van der Waals surface area contributed by atoms with E-state index in [1.54, 1.807) is 7.11 Å². The molecule has 0 bridgehead atoms. The van der Waals surface area contributed by atoms with Gasteiger partial charge in [0.25, 0.3) is 0 Å². The molecule has 0 saturated carbocycles. The molecule has 1 saturated heterocycles. The number of pyridine rings is 1. The third kappa shape index (κ3) is 3.49. The van der Waals surface area contributed by atoms with E-state index in [0.29, 0.717) is 17.7 Å². The van der Waals surface area contributed by atoms with E-state index in [4.69, 9.17) is 21.1 Å². The van der Waals surface area contributed by atoms with E-state index in [1.807, 2.05) is 6.07 Å². The van der Waals surface area contributed by atoms with Crippen LogP contribution in [0, 0.1) is 5.92 Å². The average molecular weight is 375 g/mol. The van der Waals surface area contributed by atoms with Crippen LogP contribution in [0.2, 0.25) is 5.15 Å². The highest BCUT2D eigenvalue weighted by Crippen LogP contribution is 2.40. The first-order valence-corrected chi connectivity index (χ1v) is 10.1. The number of rotatable bonds is 6. The van der Waals surface area contributed by atoms with Gasteiger partial charge in [0.15, 0.2) is 11.5 Å². The predicted molar refractivity (Wildman–Crippen MR) is 106 cm³/mol. The monoisotopic (exact) mass is 374 g/mol. The molecule has 4 rings (SSSR count). The van der Waals surface area contributed by atoms with Crippen molar-refractivity contribution in [1.82, 2.24) is 9.88 Å². The van der Waals surface area contributed by atoms with E-state index in [-0.39, 0.29) is 0 Å². The first-order chi connectivity index (χ1) is 12.7. The Morgan fingerprint density at radius 1 is 1.15 bits per heavy atom. The van der Waals surface area contributed by atoms with Crippen molar-refractivity contribution < 1.29 is 9.47 Å². The number of methoxy groups -OCH3 is 1. The van der Waals surface area contributed by atoms with Crippen LogP contribution in [0.5, 0.6) is 11.5 Å². The maximum absolute atomic E-state index is 6.45. The van der Waals surface area contributed by atoms with Gasteiger partial charge in [0.2, 0.25) is 0 Å². The van der Waals surface area contributed by atoms with Crippen LogP contribution in [0.25, 0.3) is 10.9 Å². The molecule has 2 aromatic rings. The van der Waals surface area contributed by atoms with Crippen LogP contribution in [0.4, 0.5) is 0 Å². The molecule has 2 aliphatic rings. The van der Waals surface area contributed by atoms with Crippen LogP contribution in [-0.4, -0.2) is 43.2 Å². The number of ether oxygens (including phenoxy) is 2. The lowest BCUT2D eigenvalue weighted by Crippen LogP contribution is -2.21. The fourth-order valence-corrected chi connectivity index (χ4v) is 4.58. The molecule has 0 amide bonds. The number of halogens is 1. The van der Waals surface area contributed by atoms with Crippen molar-refractivity contribution in [2.75, 3.05) is 33.4 Å². The normalized spacial score (nSPS) is 19.9. The molecular weight excluding hydrogens is 348 g/mol. The molecule has 140 valence electrons. The first-order valence-electron chi connectivity index (χ1n) is 9.70. The van der Waals surface area contributed by atoms with Crippen molar-refractivity contribution in [3.8, 4) is 11.5 Å². The third-order valence-electron chi connectivity index (χ3n) is 5.62. The Kier molecular flexibility index (Phi) is 5.23. The second-order valence-electron chi connectivity index (χ2n) is 7.64. The zero-order valence-corrected chi connectivity index (χ0v) is 16.4. The molecule has 0 radical (unpaired) electrons. The summed E-state index contributed by atoms with van der Waals surface area (Å²) in [5.74, 6) is 2.16. The lowest BCUT2D eigenvalue weighted by atomic mass is 10.0. The van der Waals surface area contributed by atoms with Gasteiger partial charge in [0.05, 0.1) is 19.2 Å². The summed E-state index contributed by atoms with van der Waals surface area (Å²) in [5.41, 5.74) is 3.43. The Morgan fingerprint density at radius 3 is 2.69 bits per heavy atom. The summed E-state index contributed by atoms with van der Waals surface area (Å²) in [6.07, 6.45) is 5.74. The number of likely N-dealkylation sites (tertiary alicyclic amines) is 1. The smallest absolute Gasteiger partial charge is 0.163 e. The summed E-state index contributed by atoms with van der Waals surface area (Å²) in [7, 11) is 1.70. The van der Waals surface area contributed by atoms with Crippen LogP contribution in [0.15, 0.2) is 12.1 Å². The number of hydrogen-bond donors (Lipinski definition) is 0. The number of benzene rings is 1. The van der Waals surface area contributed by atoms with Gasteiger partial charge in [-0.15, -0.1) is 0 Å². The summed E-state index contributed by atoms with van der Waals surface area (Å²) in [5, 5.41) is 1.79. The fraction of sp³-hybridized carbons (Fsp3) is 0.571. The van der Waals surface area contributed by atoms with Crippen molar-refractivity contribution in [2.24, 2.45) is 5.92 Å². The van der Waals surface area contributed by atoms with Gasteiger partial charge in [-0.2, -0.15) is 0 Å². The molecule has 1 fully saturated rings. The maximum atomic E-state index is 6.45. The van der Waals surface area contributed by atoms with E-state index >= 15 is 0 Å². The molecule has 1 aromatic carbocycles. The Bertz CT molecular complexity index is 802. The molecule has 26 heavy (non-hydrogen) atoms. The van der Waals surface area contributed by atoms with Crippen LogP contribution >= 0.6 is 11.6 Å². The Labute approximate surface area is 160 Å². The SMILES string of the molecule is COc1cc2c3c(c(Cl)nc2cc1OCCCN1CCCC1)CC(C)C3. The minimum absolute atomic E-state index is 0.613. The zero-order chi connectivity index (χ0) is 18.1. The number of nitrogens with zero attached hydrogens (tertiary/aromatic N) is 2. The van der Waals surface area contributed by atoms with Crippen molar-refractivity contribution in [2.45, 2.75) is 39.0 Å². The second-order valence-corrected chi connectivity index (χ2v) is 8.00.